The van der Waals surface area contributed by atoms with Gasteiger partial charge in [0.05, 0.1) is 24.2 Å². The third kappa shape index (κ3) is 3.43. The van der Waals surface area contributed by atoms with E-state index in [1.807, 2.05) is 30.3 Å². The Kier molecular flexibility index (Phi) is 4.85. The highest BCUT2D eigenvalue weighted by atomic mass is 35.5. The standard InChI is InChI=1S/C20H22ClN3O2/c21-15-5-3-14(4-6-15)11-24-19-10-17(26)7-8-18(19)22-20(24)12-23-9-1-2-16(23)13-25/h3-8,10,16,25-26H,1-2,9,11-13H2/t16-/m0/s1. The molecule has 4 rings (SSSR count). The third-order valence-electron chi connectivity index (χ3n) is 5.12. The van der Waals surface area contributed by atoms with Gasteiger partial charge in [-0.1, -0.05) is 23.7 Å². The first kappa shape index (κ1) is 17.3. The van der Waals surface area contributed by atoms with E-state index in [0.717, 1.165) is 41.8 Å². The Bertz CT molecular complexity index is 907. The van der Waals surface area contributed by atoms with Crippen molar-refractivity contribution in [2.24, 2.45) is 0 Å². The minimum atomic E-state index is 0.179. The Morgan fingerprint density at radius 2 is 1.92 bits per heavy atom. The van der Waals surface area contributed by atoms with Crippen LogP contribution >= 0.6 is 11.6 Å². The number of phenolic OH excluding ortho intramolecular Hbond substituents is 1. The number of phenols is 1. The van der Waals surface area contributed by atoms with Gasteiger partial charge < -0.3 is 14.8 Å². The topological polar surface area (TPSA) is 61.5 Å². The Morgan fingerprint density at radius 1 is 1.12 bits per heavy atom. The quantitative estimate of drug-likeness (QED) is 0.721. The molecular formula is C20H22ClN3O2. The van der Waals surface area contributed by atoms with Gasteiger partial charge in [0.1, 0.15) is 11.6 Å². The minimum absolute atomic E-state index is 0.179. The summed E-state index contributed by atoms with van der Waals surface area (Å²) < 4.78 is 2.14. The molecule has 3 aromatic rings. The predicted octanol–water partition coefficient (Wildman–Crippen LogP) is 3.40. The molecule has 2 N–H and O–H groups in total. The van der Waals surface area contributed by atoms with Gasteiger partial charge in [0.15, 0.2) is 0 Å². The number of aromatic hydroxyl groups is 1. The summed E-state index contributed by atoms with van der Waals surface area (Å²) in [7, 11) is 0. The van der Waals surface area contributed by atoms with Crippen LogP contribution in [0.25, 0.3) is 11.0 Å². The third-order valence-corrected chi connectivity index (χ3v) is 5.37. The van der Waals surface area contributed by atoms with Gasteiger partial charge in [0, 0.05) is 23.7 Å². The molecule has 1 aliphatic rings. The van der Waals surface area contributed by atoms with Crippen molar-refractivity contribution in [3.05, 3.63) is 58.9 Å². The van der Waals surface area contributed by atoms with Crippen LogP contribution in [-0.2, 0) is 13.1 Å². The molecule has 6 heteroatoms. The molecule has 0 unspecified atom stereocenters. The summed E-state index contributed by atoms with van der Waals surface area (Å²) in [4.78, 5) is 7.09. The number of aromatic nitrogens is 2. The second kappa shape index (κ2) is 7.27. The van der Waals surface area contributed by atoms with Crippen molar-refractivity contribution in [2.75, 3.05) is 13.2 Å². The average molecular weight is 372 g/mol. The van der Waals surface area contributed by atoms with Gasteiger partial charge in [0.2, 0.25) is 0 Å². The number of benzene rings is 2. The number of hydrogen-bond donors (Lipinski definition) is 2. The maximum atomic E-state index is 9.93. The number of rotatable bonds is 5. The molecule has 1 atom stereocenters. The minimum Gasteiger partial charge on any atom is -0.508 e. The van der Waals surface area contributed by atoms with Gasteiger partial charge in [-0.25, -0.2) is 4.98 Å². The summed E-state index contributed by atoms with van der Waals surface area (Å²) in [6.07, 6.45) is 2.12. The highest BCUT2D eigenvalue weighted by Crippen LogP contribution is 2.26. The van der Waals surface area contributed by atoms with Crippen LogP contribution in [0.3, 0.4) is 0 Å². The lowest BCUT2D eigenvalue weighted by Crippen LogP contribution is -2.32. The molecule has 1 saturated heterocycles. The molecule has 26 heavy (non-hydrogen) atoms. The normalized spacial score (nSPS) is 18.0. The van der Waals surface area contributed by atoms with Crippen LogP contribution in [0.15, 0.2) is 42.5 Å². The van der Waals surface area contributed by atoms with E-state index < -0.39 is 0 Å². The zero-order valence-corrected chi connectivity index (χ0v) is 15.2. The first-order valence-electron chi connectivity index (χ1n) is 8.91. The van der Waals surface area contributed by atoms with Gasteiger partial charge in [-0.05, 0) is 49.2 Å². The SMILES string of the molecule is OC[C@@H]1CCCN1Cc1nc2ccc(O)cc2n1Cc1ccc(Cl)cc1. The summed E-state index contributed by atoms with van der Waals surface area (Å²) in [6.45, 7) is 2.50. The number of likely N-dealkylation sites (tertiary alicyclic amines) is 1. The van der Waals surface area contributed by atoms with Crippen LogP contribution < -0.4 is 0 Å². The van der Waals surface area contributed by atoms with Crippen LogP contribution in [-0.4, -0.2) is 43.9 Å². The highest BCUT2D eigenvalue weighted by molar-refractivity contribution is 6.30. The molecule has 0 spiro atoms. The lowest BCUT2D eigenvalue weighted by atomic mass is 10.2. The number of nitrogens with zero attached hydrogens (tertiary/aromatic N) is 3. The number of aliphatic hydroxyl groups excluding tert-OH is 1. The van der Waals surface area contributed by atoms with E-state index in [1.165, 1.54) is 0 Å². The molecule has 0 radical (unpaired) electrons. The van der Waals surface area contributed by atoms with E-state index in [0.29, 0.717) is 18.1 Å². The second-order valence-electron chi connectivity index (χ2n) is 6.86. The highest BCUT2D eigenvalue weighted by Gasteiger charge is 2.25. The van der Waals surface area contributed by atoms with Crippen LogP contribution in [0.4, 0.5) is 0 Å². The maximum Gasteiger partial charge on any atom is 0.124 e. The summed E-state index contributed by atoms with van der Waals surface area (Å²) in [5, 5.41) is 20.2. The van der Waals surface area contributed by atoms with Crippen molar-refractivity contribution < 1.29 is 10.2 Å². The number of fused-ring (bicyclic) bond motifs is 1. The molecule has 2 heterocycles. The smallest absolute Gasteiger partial charge is 0.124 e. The van der Waals surface area contributed by atoms with Crippen LogP contribution in [0.2, 0.25) is 5.02 Å². The number of hydrogen-bond acceptors (Lipinski definition) is 4. The van der Waals surface area contributed by atoms with Crippen molar-refractivity contribution in [2.45, 2.75) is 32.0 Å². The van der Waals surface area contributed by atoms with Crippen LogP contribution in [0.5, 0.6) is 5.75 Å². The fraction of sp³-hybridized carbons (Fsp3) is 0.350. The molecule has 2 aromatic carbocycles. The average Bonchev–Trinajstić information content (AvgIpc) is 3.22. The number of imidazole rings is 1. The maximum absolute atomic E-state index is 9.93. The van der Waals surface area contributed by atoms with Crippen molar-refractivity contribution in [3.63, 3.8) is 0 Å². The van der Waals surface area contributed by atoms with Crippen molar-refractivity contribution in [1.29, 1.82) is 0 Å². The molecule has 5 nitrogen and oxygen atoms in total. The fourth-order valence-electron chi connectivity index (χ4n) is 3.72. The molecule has 0 amide bonds. The molecule has 1 aromatic heterocycles. The Balaban J connectivity index is 1.72. The lowest BCUT2D eigenvalue weighted by molar-refractivity contribution is 0.150. The molecule has 1 fully saturated rings. The van der Waals surface area contributed by atoms with E-state index in [9.17, 15) is 10.2 Å². The Morgan fingerprint density at radius 3 is 2.69 bits per heavy atom. The number of aliphatic hydroxyl groups is 1. The van der Waals surface area contributed by atoms with Gasteiger partial charge in [-0.2, -0.15) is 0 Å². The first-order valence-corrected chi connectivity index (χ1v) is 9.29. The second-order valence-corrected chi connectivity index (χ2v) is 7.30. The lowest BCUT2D eigenvalue weighted by Gasteiger charge is -2.22. The zero-order valence-electron chi connectivity index (χ0n) is 14.5. The Labute approximate surface area is 157 Å². The summed E-state index contributed by atoms with van der Waals surface area (Å²) >= 11 is 6.00. The van der Waals surface area contributed by atoms with Gasteiger partial charge >= 0.3 is 0 Å². The van der Waals surface area contributed by atoms with Crippen molar-refractivity contribution in [3.8, 4) is 5.75 Å². The molecule has 0 aliphatic carbocycles. The van der Waals surface area contributed by atoms with Crippen LogP contribution in [0, 0.1) is 0 Å². The summed E-state index contributed by atoms with van der Waals surface area (Å²) in [5.74, 6) is 1.18. The summed E-state index contributed by atoms with van der Waals surface area (Å²) in [5.41, 5.74) is 2.90. The Hall–Kier alpha value is -2.08. The van der Waals surface area contributed by atoms with Crippen molar-refractivity contribution >= 4 is 22.6 Å². The van der Waals surface area contributed by atoms with Crippen molar-refractivity contribution in [1.82, 2.24) is 14.5 Å². The van der Waals surface area contributed by atoms with E-state index in [2.05, 4.69) is 9.47 Å². The van der Waals surface area contributed by atoms with Crippen LogP contribution in [0.1, 0.15) is 24.2 Å². The largest absolute Gasteiger partial charge is 0.508 e. The fourth-order valence-corrected chi connectivity index (χ4v) is 3.85. The van der Waals surface area contributed by atoms with E-state index in [-0.39, 0.29) is 18.4 Å². The van der Waals surface area contributed by atoms with E-state index in [4.69, 9.17) is 16.6 Å². The zero-order chi connectivity index (χ0) is 18.1. The molecule has 0 saturated carbocycles. The molecule has 0 bridgehead atoms. The van der Waals surface area contributed by atoms with E-state index >= 15 is 0 Å². The van der Waals surface area contributed by atoms with Gasteiger partial charge in [0.25, 0.3) is 0 Å². The predicted molar refractivity (Wildman–Crippen MR) is 102 cm³/mol. The molecular weight excluding hydrogens is 350 g/mol. The van der Waals surface area contributed by atoms with Gasteiger partial charge in [-0.3, -0.25) is 4.90 Å². The molecule has 1 aliphatic heterocycles. The first-order chi connectivity index (χ1) is 12.6. The van der Waals surface area contributed by atoms with Gasteiger partial charge in [-0.15, -0.1) is 0 Å². The monoisotopic (exact) mass is 371 g/mol. The summed E-state index contributed by atoms with van der Waals surface area (Å²) in [6, 6.07) is 13.3. The number of halogens is 1. The molecule has 136 valence electrons. The van der Waals surface area contributed by atoms with E-state index in [1.54, 1.807) is 12.1 Å².